The average Bonchev–Trinajstić information content (AvgIpc) is 3.72. The van der Waals surface area contributed by atoms with Crippen LogP contribution < -0.4 is 14.8 Å². The number of hydrogen-bond donors (Lipinski definition) is 1. The molecule has 1 aliphatic rings. The molecule has 222 valence electrons. The minimum atomic E-state index is 0.471. The van der Waals surface area contributed by atoms with Crippen LogP contribution in [0.4, 0.5) is 11.6 Å². The first-order valence-corrected chi connectivity index (χ1v) is 16.7. The van der Waals surface area contributed by atoms with Crippen molar-refractivity contribution in [3.63, 3.8) is 0 Å². The summed E-state index contributed by atoms with van der Waals surface area (Å²) >= 11 is 3.13. The number of nitrogens with zero attached hydrogens (tertiary/aromatic N) is 4. The number of rotatable bonds is 12. The molecule has 3 aromatic carbocycles. The molecule has 0 unspecified atom stereocenters. The van der Waals surface area contributed by atoms with Crippen molar-refractivity contribution in [1.82, 2.24) is 14.9 Å². The Morgan fingerprint density at radius 1 is 0.955 bits per heavy atom. The number of thiophene rings is 1. The van der Waals surface area contributed by atoms with E-state index < -0.39 is 0 Å². The third-order valence-corrected chi connectivity index (χ3v) is 9.67. The summed E-state index contributed by atoms with van der Waals surface area (Å²) in [5.41, 5.74) is 3.96. The van der Waals surface area contributed by atoms with Gasteiger partial charge >= 0.3 is 0 Å². The molecular weight excluding hydrogens is 587 g/mol. The summed E-state index contributed by atoms with van der Waals surface area (Å²) < 4.78 is 13.1. The van der Waals surface area contributed by atoms with Crippen LogP contribution in [0, 0.1) is 11.3 Å². The van der Waals surface area contributed by atoms with Crippen LogP contribution in [0.1, 0.15) is 24.8 Å². The number of nitriles is 1. The minimum Gasteiger partial charge on any atom is -0.493 e. The van der Waals surface area contributed by atoms with Gasteiger partial charge in [0.15, 0.2) is 0 Å². The second-order valence-corrected chi connectivity index (χ2v) is 12.5. The number of likely N-dealkylation sites (tertiary alicyclic amines) is 1. The van der Waals surface area contributed by atoms with Crippen LogP contribution >= 0.6 is 23.1 Å². The van der Waals surface area contributed by atoms with E-state index in [9.17, 15) is 5.26 Å². The lowest BCUT2D eigenvalue weighted by Gasteiger charge is -2.14. The van der Waals surface area contributed by atoms with Crippen molar-refractivity contribution < 1.29 is 9.47 Å². The molecule has 2 aromatic heterocycles. The highest BCUT2D eigenvalue weighted by Gasteiger charge is 2.22. The highest BCUT2D eigenvalue weighted by molar-refractivity contribution is 8.00. The van der Waals surface area contributed by atoms with Crippen molar-refractivity contribution in [2.45, 2.75) is 23.5 Å². The highest BCUT2D eigenvalue weighted by atomic mass is 32.2. The Hall–Kier alpha value is -4.36. The predicted octanol–water partition coefficient (Wildman–Crippen LogP) is 8.87. The van der Waals surface area contributed by atoms with Gasteiger partial charge in [-0.3, -0.25) is 0 Å². The molecule has 7 nitrogen and oxygen atoms in total. The smallest absolute Gasteiger partial charge is 0.227 e. The summed E-state index contributed by atoms with van der Waals surface area (Å²) in [5, 5.41) is 13.6. The second-order valence-electron chi connectivity index (χ2n) is 10.4. The van der Waals surface area contributed by atoms with E-state index >= 15 is 0 Å². The van der Waals surface area contributed by atoms with E-state index in [0.717, 1.165) is 56.1 Å². The van der Waals surface area contributed by atoms with E-state index in [1.807, 2.05) is 91.2 Å². The van der Waals surface area contributed by atoms with Gasteiger partial charge in [-0.2, -0.15) is 5.26 Å². The molecule has 0 radical (unpaired) electrons. The number of hydrogen-bond acceptors (Lipinski definition) is 9. The van der Waals surface area contributed by atoms with Gasteiger partial charge in [0, 0.05) is 30.1 Å². The molecule has 3 heterocycles. The largest absolute Gasteiger partial charge is 0.493 e. The van der Waals surface area contributed by atoms with Gasteiger partial charge in [0.25, 0.3) is 0 Å². The number of benzene rings is 3. The molecular formula is C35H33N5O2S2. The van der Waals surface area contributed by atoms with Crippen LogP contribution in [0.25, 0.3) is 21.7 Å². The van der Waals surface area contributed by atoms with Crippen molar-refractivity contribution in [3.8, 4) is 45.0 Å². The first-order valence-electron chi connectivity index (χ1n) is 14.7. The molecule has 44 heavy (non-hydrogen) atoms. The van der Waals surface area contributed by atoms with Gasteiger partial charge in [-0.15, -0.1) is 23.1 Å². The third kappa shape index (κ3) is 7.22. The molecule has 0 saturated carbocycles. The van der Waals surface area contributed by atoms with E-state index in [2.05, 4.69) is 21.3 Å². The quantitative estimate of drug-likeness (QED) is 0.110. The normalized spacial score (nSPS) is 13.0. The Bertz CT molecular complexity index is 1750. The number of ether oxygens (including phenoxy) is 2. The summed E-state index contributed by atoms with van der Waals surface area (Å²) in [6, 6.07) is 29.7. The minimum absolute atomic E-state index is 0.471. The SMILES string of the molecule is CSc1sc(-c2ccnc(Nc3cccc(OCCCN4CCCC4)c3)n2)c(-c2cccc(Oc3ccccc3)c2)c1C#N. The van der Waals surface area contributed by atoms with Crippen LogP contribution in [-0.2, 0) is 0 Å². The van der Waals surface area contributed by atoms with Crippen molar-refractivity contribution >= 4 is 34.7 Å². The topological polar surface area (TPSA) is 83.3 Å². The first kappa shape index (κ1) is 29.7. The van der Waals surface area contributed by atoms with E-state index in [0.29, 0.717) is 23.9 Å². The van der Waals surface area contributed by atoms with Gasteiger partial charge in [0.2, 0.25) is 5.95 Å². The Morgan fingerprint density at radius 2 is 1.75 bits per heavy atom. The number of thioether (sulfide) groups is 1. The molecule has 1 N–H and O–H groups in total. The molecule has 0 aliphatic carbocycles. The summed E-state index contributed by atoms with van der Waals surface area (Å²) in [5.74, 6) is 2.74. The predicted molar refractivity (Wildman–Crippen MR) is 179 cm³/mol. The van der Waals surface area contributed by atoms with Gasteiger partial charge in [-0.1, -0.05) is 36.4 Å². The van der Waals surface area contributed by atoms with Crippen LogP contribution in [0.5, 0.6) is 17.2 Å². The molecule has 0 atom stereocenters. The summed E-state index contributed by atoms with van der Waals surface area (Å²) in [4.78, 5) is 12.8. The number of nitrogens with one attached hydrogen (secondary N) is 1. The lowest BCUT2D eigenvalue weighted by molar-refractivity contribution is 0.263. The fourth-order valence-corrected chi connectivity index (χ4v) is 7.18. The summed E-state index contributed by atoms with van der Waals surface area (Å²) in [7, 11) is 0. The van der Waals surface area contributed by atoms with Crippen molar-refractivity contribution in [2.24, 2.45) is 0 Å². The maximum atomic E-state index is 10.2. The number of anilines is 2. The van der Waals surface area contributed by atoms with Crippen LogP contribution in [0.3, 0.4) is 0 Å². The highest BCUT2D eigenvalue weighted by Crippen LogP contribution is 2.46. The van der Waals surface area contributed by atoms with Gasteiger partial charge in [0.1, 0.15) is 23.3 Å². The van der Waals surface area contributed by atoms with Crippen LogP contribution in [0.15, 0.2) is 95.3 Å². The first-order chi connectivity index (χ1) is 21.7. The Morgan fingerprint density at radius 3 is 2.57 bits per heavy atom. The fourth-order valence-electron chi connectivity index (χ4n) is 5.27. The fraction of sp³-hybridized carbons (Fsp3) is 0.229. The zero-order valence-electron chi connectivity index (χ0n) is 24.5. The molecule has 1 fully saturated rings. The zero-order valence-corrected chi connectivity index (χ0v) is 26.2. The Balaban J connectivity index is 1.23. The Kier molecular flexibility index (Phi) is 9.73. The molecule has 5 aromatic rings. The third-order valence-electron chi connectivity index (χ3n) is 7.34. The Labute approximate surface area is 266 Å². The molecule has 6 rings (SSSR count). The van der Waals surface area contributed by atoms with Crippen molar-refractivity contribution in [2.75, 3.05) is 37.8 Å². The summed E-state index contributed by atoms with van der Waals surface area (Å²) in [6.45, 7) is 4.18. The zero-order chi connectivity index (χ0) is 30.1. The standard InChI is InChI=1S/C35H33N5O2S2/c1-43-34-30(24-36)32(25-10-7-15-29(22-25)42-27-12-3-2-4-13-27)33(44-34)31-16-17-37-35(39-31)38-26-11-8-14-28(23-26)41-21-9-20-40-18-5-6-19-40/h2-4,7-8,10-17,22-23H,5-6,9,18-21H2,1H3,(H,37,38,39). The van der Waals surface area contributed by atoms with Gasteiger partial charge in [-0.05, 0) is 86.6 Å². The monoisotopic (exact) mass is 619 g/mol. The second kappa shape index (κ2) is 14.4. The molecule has 9 heteroatoms. The maximum Gasteiger partial charge on any atom is 0.227 e. The molecule has 0 bridgehead atoms. The van der Waals surface area contributed by atoms with E-state index in [1.54, 1.807) is 29.3 Å². The molecule has 1 saturated heterocycles. The molecule has 0 spiro atoms. The van der Waals surface area contributed by atoms with E-state index in [1.165, 1.54) is 25.9 Å². The molecule has 0 amide bonds. The van der Waals surface area contributed by atoms with Gasteiger partial charge in [-0.25, -0.2) is 9.97 Å². The number of para-hydroxylation sites is 1. The van der Waals surface area contributed by atoms with E-state index in [-0.39, 0.29) is 0 Å². The van der Waals surface area contributed by atoms with Gasteiger partial charge in [0.05, 0.1) is 27.0 Å². The lowest BCUT2D eigenvalue weighted by Crippen LogP contribution is -2.21. The molecule has 1 aliphatic heterocycles. The maximum absolute atomic E-state index is 10.2. The van der Waals surface area contributed by atoms with Crippen molar-refractivity contribution in [3.05, 3.63) is 96.7 Å². The van der Waals surface area contributed by atoms with Crippen molar-refractivity contribution in [1.29, 1.82) is 5.26 Å². The van der Waals surface area contributed by atoms with Crippen LogP contribution in [0.2, 0.25) is 0 Å². The number of aromatic nitrogens is 2. The lowest BCUT2D eigenvalue weighted by atomic mass is 10.0. The average molecular weight is 620 g/mol. The van der Waals surface area contributed by atoms with Crippen LogP contribution in [-0.4, -0.2) is 47.4 Å². The summed E-state index contributed by atoms with van der Waals surface area (Å²) in [6.07, 6.45) is 7.35. The van der Waals surface area contributed by atoms with E-state index in [4.69, 9.17) is 14.5 Å². The van der Waals surface area contributed by atoms with Gasteiger partial charge < -0.3 is 19.7 Å².